The van der Waals surface area contributed by atoms with Gasteiger partial charge in [0.25, 0.3) is 11.5 Å². The van der Waals surface area contributed by atoms with Crippen molar-refractivity contribution in [1.82, 2.24) is 19.7 Å². The molecule has 3 aromatic rings. The Balaban J connectivity index is 1.05. The summed E-state index contributed by atoms with van der Waals surface area (Å²) in [6.45, 7) is 4.25. The van der Waals surface area contributed by atoms with Crippen LogP contribution in [0.15, 0.2) is 41.3 Å². The molecule has 0 saturated carbocycles. The Morgan fingerprint density at radius 1 is 0.870 bits per heavy atom. The van der Waals surface area contributed by atoms with Gasteiger partial charge in [-0.25, -0.2) is 0 Å². The smallest absolute Gasteiger partial charge is 0.255 e. The van der Waals surface area contributed by atoms with Gasteiger partial charge in [0.05, 0.1) is 19.8 Å². The predicted molar refractivity (Wildman–Crippen MR) is 172 cm³/mol. The number of benzene rings is 2. The van der Waals surface area contributed by atoms with Crippen LogP contribution >= 0.6 is 0 Å². The van der Waals surface area contributed by atoms with Gasteiger partial charge in [-0.2, -0.15) is 0 Å². The fraction of sp³-hybridized carbons (Fsp3) is 0.429. The number of pyridine rings is 1. The summed E-state index contributed by atoms with van der Waals surface area (Å²) < 4.78 is 13.5. The van der Waals surface area contributed by atoms with Gasteiger partial charge >= 0.3 is 0 Å². The first-order valence-corrected chi connectivity index (χ1v) is 16.0. The van der Waals surface area contributed by atoms with Crippen molar-refractivity contribution in [1.29, 1.82) is 0 Å². The molecule has 4 heterocycles. The van der Waals surface area contributed by atoms with Gasteiger partial charge in [0.2, 0.25) is 11.8 Å². The van der Waals surface area contributed by atoms with Gasteiger partial charge in [0, 0.05) is 81.3 Å². The van der Waals surface area contributed by atoms with Crippen LogP contribution in [0.1, 0.15) is 51.9 Å². The van der Waals surface area contributed by atoms with Gasteiger partial charge in [0.1, 0.15) is 17.5 Å². The number of piperidine rings is 1. The van der Waals surface area contributed by atoms with Crippen molar-refractivity contribution in [3.05, 3.63) is 74.7 Å². The summed E-state index contributed by atoms with van der Waals surface area (Å²) in [7, 11) is 5.17. The number of anilines is 1. The third kappa shape index (κ3) is 5.22. The number of amides is 3. The molecule has 0 bridgehead atoms. The zero-order valence-corrected chi connectivity index (χ0v) is 26.6. The molecule has 1 atom stereocenters. The van der Waals surface area contributed by atoms with Gasteiger partial charge in [-0.05, 0) is 66.6 Å². The Morgan fingerprint density at radius 2 is 1.59 bits per heavy atom. The molecule has 1 aromatic heterocycles. The number of nitrogens with zero attached hydrogens (tertiary/aromatic N) is 4. The highest BCUT2D eigenvalue weighted by molar-refractivity contribution is 6.05. The fourth-order valence-corrected chi connectivity index (χ4v) is 7.49. The molecule has 7 rings (SSSR count). The zero-order chi connectivity index (χ0) is 32.1. The topological polar surface area (TPSA) is 113 Å². The molecule has 240 valence electrons. The van der Waals surface area contributed by atoms with Crippen LogP contribution in [-0.2, 0) is 42.6 Å². The number of imide groups is 1. The molecule has 11 heteroatoms. The SMILES string of the molecule is COc1cc(-c2cn(C)c(=O)c3c2CCC3)cc(OC)c1CN1CCN(c2ccc3c(c2)C(=O)N(C2CCC(=O)NC2=O)C3)CC1. The highest BCUT2D eigenvalue weighted by Gasteiger charge is 2.39. The van der Waals surface area contributed by atoms with Crippen molar-refractivity contribution in [3.8, 4) is 22.6 Å². The molecule has 1 N–H and O–H groups in total. The second kappa shape index (κ2) is 11.9. The standard InChI is InChI=1S/C35H39N5O6/c1-37-19-27(24-5-4-6-25(24)34(37)43)22-15-30(45-2)28(31(16-22)46-3)20-38-11-13-39(14-12-38)23-8-7-21-18-40(35(44)26(21)17-23)29-9-10-32(41)36-33(29)42/h7-8,15-17,19,29H,4-6,9-14,18,20H2,1-3H3,(H,36,41,42). The van der Waals surface area contributed by atoms with Crippen LogP contribution in [0.25, 0.3) is 11.1 Å². The maximum Gasteiger partial charge on any atom is 0.255 e. The van der Waals surface area contributed by atoms with Crippen LogP contribution in [0, 0.1) is 0 Å². The Kier molecular flexibility index (Phi) is 7.80. The lowest BCUT2D eigenvalue weighted by Gasteiger charge is -2.36. The van der Waals surface area contributed by atoms with E-state index in [1.165, 1.54) is 0 Å². The minimum Gasteiger partial charge on any atom is -0.496 e. The summed E-state index contributed by atoms with van der Waals surface area (Å²) in [5, 5.41) is 2.36. The van der Waals surface area contributed by atoms with E-state index in [-0.39, 0.29) is 23.8 Å². The van der Waals surface area contributed by atoms with Crippen LogP contribution in [-0.4, -0.2) is 78.5 Å². The van der Waals surface area contributed by atoms with Crippen LogP contribution < -0.4 is 25.2 Å². The molecule has 2 saturated heterocycles. The fourth-order valence-electron chi connectivity index (χ4n) is 7.49. The van der Waals surface area contributed by atoms with Crippen molar-refractivity contribution < 1.29 is 23.9 Å². The summed E-state index contributed by atoms with van der Waals surface area (Å²) in [6.07, 6.45) is 5.23. The molecule has 11 nitrogen and oxygen atoms in total. The molecule has 2 fully saturated rings. The van der Waals surface area contributed by atoms with Gasteiger partial charge in [-0.1, -0.05) is 6.07 Å². The summed E-state index contributed by atoms with van der Waals surface area (Å²) in [6, 6.07) is 9.49. The molecule has 0 radical (unpaired) electrons. The highest BCUT2D eigenvalue weighted by atomic mass is 16.5. The number of piperazine rings is 1. The summed E-state index contributed by atoms with van der Waals surface area (Å²) >= 11 is 0. The maximum absolute atomic E-state index is 13.3. The van der Waals surface area contributed by atoms with Gasteiger partial charge < -0.3 is 23.8 Å². The molecule has 3 amide bonds. The summed E-state index contributed by atoms with van der Waals surface area (Å²) in [4.78, 5) is 56.3. The second-order valence-electron chi connectivity index (χ2n) is 12.6. The van der Waals surface area contributed by atoms with Crippen LogP contribution in [0.3, 0.4) is 0 Å². The van der Waals surface area contributed by atoms with E-state index in [4.69, 9.17) is 9.47 Å². The number of carbonyl (C=O) groups is 3. The predicted octanol–water partition coefficient (Wildman–Crippen LogP) is 2.64. The molecular formula is C35H39N5O6. The first-order valence-electron chi connectivity index (χ1n) is 16.0. The van der Waals surface area contributed by atoms with Gasteiger partial charge in [-0.3, -0.25) is 29.4 Å². The lowest BCUT2D eigenvalue weighted by molar-refractivity contribution is -0.136. The first-order chi connectivity index (χ1) is 22.2. The second-order valence-corrected chi connectivity index (χ2v) is 12.6. The van der Waals surface area contributed by atoms with E-state index in [0.717, 1.165) is 96.0 Å². The molecule has 1 aliphatic carbocycles. The van der Waals surface area contributed by atoms with Gasteiger partial charge in [0.15, 0.2) is 0 Å². The Labute approximate surface area is 267 Å². The van der Waals surface area contributed by atoms with E-state index < -0.39 is 11.9 Å². The van der Waals surface area contributed by atoms with Crippen molar-refractivity contribution in [3.63, 3.8) is 0 Å². The largest absolute Gasteiger partial charge is 0.496 e. The van der Waals surface area contributed by atoms with Crippen LogP contribution in [0.4, 0.5) is 5.69 Å². The molecular weight excluding hydrogens is 586 g/mol. The number of hydrogen-bond donors (Lipinski definition) is 1. The Hall–Kier alpha value is -4.64. The minimum atomic E-state index is -0.616. The highest BCUT2D eigenvalue weighted by Crippen LogP contribution is 2.39. The number of hydrogen-bond acceptors (Lipinski definition) is 8. The maximum atomic E-state index is 13.3. The molecule has 2 aromatic carbocycles. The third-order valence-electron chi connectivity index (χ3n) is 9.99. The number of aromatic nitrogens is 1. The average molecular weight is 626 g/mol. The van der Waals surface area contributed by atoms with E-state index in [0.29, 0.717) is 25.1 Å². The van der Waals surface area contributed by atoms with Crippen molar-refractivity contribution >= 4 is 23.4 Å². The summed E-state index contributed by atoms with van der Waals surface area (Å²) in [5.41, 5.74) is 7.68. The number of aryl methyl sites for hydroxylation is 1. The number of fused-ring (bicyclic) bond motifs is 2. The lowest BCUT2D eigenvalue weighted by Crippen LogP contribution is -2.52. The van der Waals surface area contributed by atoms with E-state index in [1.54, 1.807) is 23.7 Å². The normalized spacial score (nSPS) is 19.7. The minimum absolute atomic E-state index is 0.0895. The quantitative estimate of drug-likeness (QED) is 0.399. The first kappa shape index (κ1) is 30.0. The monoisotopic (exact) mass is 625 g/mol. The Morgan fingerprint density at radius 3 is 2.28 bits per heavy atom. The molecule has 1 unspecified atom stereocenters. The molecule has 0 spiro atoms. The van der Waals surface area contributed by atoms with E-state index in [9.17, 15) is 19.2 Å². The molecule has 46 heavy (non-hydrogen) atoms. The van der Waals surface area contributed by atoms with E-state index in [2.05, 4.69) is 33.3 Å². The van der Waals surface area contributed by atoms with Crippen molar-refractivity contribution in [2.24, 2.45) is 7.05 Å². The number of ether oxygens (including phenoxy) is 2. The zero-order valence-electron chi connectivity index (χ0n) is 26.6. The van der Waals surface area contributed by atoms with E-state index >= 15 is 0 Å². The number of carbonyl (C=O) groups excluding carboxylic acids is 3. The van der Waals surface area contributed by atoms with Crippen molar-refractivity contribution in [2.45, 2.75) is 51.2 Å². The molecule has 3 aliphatic heterocycles. The molecule has 4 aliphatic rings. The van der Waals surface area contributed by atoms with Gasteiger partial charge in [-0.15, -0.1) is 0 Å². The summed E-state index contributed by atoms with van der Waals surface area (Å²) in [5.74, 6) is 0.678. The Bertz CT molecular complexity index is 1780. The van der Waals surface area contributed by atoms with E-state index in [1.807, 2.05) is 25.4 Å². The number of nitrogens with one attached hydrogen (secondary N) is 1. The van der Waals surface area contributed by atoms with Crippen molar-refractivity contribution in [2.75, 3.05) is 45.3 Å². The third-order valence-corrected chi connectivity index (χ3v) is 9.99. The lowest BCUT2D eigenvalue weighted by atomic mass is 9.97. The average Bonchev–Trinajstić information content (AvgIpc) is 3.68. The number of methoxy groups -OCH3 is 2. The number of rotatable bonds is 7. The van der Waals surface area contributed by atoms with Crippen LogP contribution in [0.2, 0.25) is 0 Å². The van der Waals surface area contributed by atoms with Crippen LogP contribution in [0.5, 0.6) is 11.5 Å².